The lowest BCUT2D eigenvalue weighted by atomic mass is 10.5. The third-order valence-corrected chi connectivity index (χ3v) is 1.22. The van der Waals surface area contributed by atoms with Crippen molar-refractivity contribution in [2.45, 2.75) is 0 Å². The van der Waals surface area contributed by atoms with Crippen molar-refractivity contribution in [3.8, 4) is 11.8 Å². The molecule has 0 radical (unpaired) electrons. The van der Waals surface area contributed by atoms with Crippen LogP contribution in [0, 0.1) is 0 Å². The molecule has 0 aliphatic rings. The van der Waals surface area contributed by atoms with Crippen LogP contribution in [-0.2, 0) is 0 Å². The predicted molar refractivity (Wildman–Crippen MR) is 48.4 cm³/mol. The number of rotatable bonds is 0. The quantitative estimate of drug-likeness (QED) is 0.572. The molecule has 0 saturated carbocycles. The van der Waals surface area contributed by atoms with E-state index in [9.17, 15) is 0 Å². The third-order valence-electron chi connectivity index (χ3n) is 1.22. The Morgan fingerprint density at radius 3 is 1.62 bits per heavy atom. The highest BCUT2D eigenvalue weighted by atomic mass is 16.3. The van der Waals surface area contributed by atoms with Crippen molar-refractivity contribution in [1.82, 2.24) is 9.97 Å². The number of H-pyrrole nitrogens is 1. The van der Waals surface area contributed by atoms with Crippen molar-refractivity contribution >= 4 is 0 Å². The van der Waals surface area contributed by atoms with E-state index in [1.54, 1.807) is 12.4 Å². The van der Waals surface area contributed by atoms with E-state index < -0.39 is 0 Å². The zero-order valence-electron chi connectivity index (χ0n) is 6.88. The highest BCUT2D eigenvalue weighted by molar-refractivity contribution is 5.19. The third kappa shape index (κ3) is 3.81. The molecule has 0 aliphatic heterocycles. The maximum absolute atomic E-state index is 8.44. The summed E-state index contributed by atoms with van der Waals surface area (Å²) in [5.74, 6) is -0.0324. The molecule has 3 N–H and O–H groups in total. The van der Waals surface area contributed by atoms with Crippen LogP contribution in [0.25, 0.3) is 0 Å². The fourth-order valence-electron chi connectivity index (χ4n) is 0.685. The van der Waals surface area contributed by atoms with Crippen LogP contribution < -0.4 is 0 Å². The molecule has 0 saturated heterocycles. The van der Waals surface area contributed by atoms with Crippen LogP contribution >= 0.6 is 0 Å². The molecular formula is C9H10N2O2. The average molecular weight is 178 g/mol. The second-order valence-electron chi connectivity index (χ2n) is 2.25. The summed E-state index contributed by atoms with van der Waals surface area (Å²) >= 11 is 0. The van der Waals surface area contributed by atoms with E-state index >= 15 is 0 Å². The zero-order chi connectivity index (χ0) is 9.52. The monoisotopic (exact) mass is 178 g/mol. The first-order chi connectivity index (χ1) is 6.29. The fraction of sp³-hybridized carbons (Fsp3) is 0. The number of hydrogen-bond donors (Lipinski definition) is 3. The molecule has 13 heavy (non-hydrogen) atoms. The van der Waals surface area contributed by atoms with E-state index in [-0.39, 0.29) is 11.8 Å². The molecule has 0 fully saturated rings. The minimum Gasteiger partial charge on any atom is -0.495 e. The van der Waals surface area contributed by atoms with Crippen LogP contribution in [0.2, 0.25) is 0 Å². The summed E-state index contributed by atoms with van der Waals surface area (Å²) in [5.41, 5.74) is 0. The van der Waals surface area contributed by atoms with E-state index in [1.807, 2.05) is 18.2 Å². The lowest BCUT2D eigenvalue weighted by Gasteiger charge is -1.76. The van der Waals surface area contributed by atoms with Gasteiger partial charge in [0.05, 0.1) is 0 Å². The number of aromatic hydroxyl groups is 2. The van der Waals surface area contributed by atoms with Crippen molar-refractivity contribution in [3.63, 3.8) is 0 Å². The van der Waals surface area contributed by atoms with Gasteiger partial charge in [0, 0.05) is 24.5 Å². The highest BCUT2D eigenvalue weighted by Crippen LogP contribution is 2.11. The fourth-order valence-corrected chi connectivity index (χ4v) is 0.685. The molecule has 2 heterocycles. The van der Waals surface area contributed by atoms with E-state index in [0.29, 0.717) is 0 Å². The molecule has 0 unspecified atom stereocenters. The first kappa shape index (κ1) is 9.12. The molecule has 0 atom stereocenters. The second-order valence-corrected chi connectivity index (χ2v) is 2.25. The van der Waals surface area contributed by atoms with Crippen LogP contribution in [0.1, 0.15) is 0 Å². The Bertz CT molecular complexity index is 289. The molecule has 4 heteroatoms. The van der Waals surface area contributed by atoms with Gasteiger partial charge in [-0.05, 0) is 12.1 Å². The largest absolute Gasteiger partial charge is 0.495 e. The molecule has 4 nitrogen and oxygen atoms in total. The Balaban J connectivity index is 0.000000132. The summed E-state index contributed by atoms with van der Waals surface area (Å²) in [5, 5.41) is 16.9. The summed E-state index contributed by atoms with van der Waals surface area (Å²) in [6.45, 7) is 0. The SMILES string of the molecule is Oc1ccc(O)[nH]1.c1ccncc1. The number of nitrogens with one attached hydrogen (secondary N) is 1. The second kappa shape index (κ2) is 4.82. The highest BCUT2D eigenvalue weighted by Gasteiger charge is 1.87. The molecule has 0 amide bonds. The van der Waals surface area contributed by atoms with Crippen molar-refractivity contribution in [2.24, 2.45) is 0 Å². The maximum Gasteiger partial charge on any atom is 0.191 e. The van der Waals surface area contributed by atoms with Crippen LogP contribution in [0.4, 0.5) is 0 Å². The van der Waals surface area contributed by atoms with Crippen molar-refractivity contribution < 1.29 is 10.2 Å². The summed E-state index contributed by atoms with van der Waals surface area (Å²) in [6.07, 6.45) is 3.50. The number of hydrogen-bond acceptors (Lipinski definition) is 3. The first-order valence-corrected chi connectivity index (χ1v) is 3.71. The van der Waals surface area contributed by atoms with Gasteiger partial charge in [0.25, 0.3) is 0 Å². The van der Waals surface area contributed by atoms with Gasteiger partial charge in [-0.2, -0.15) is 0 Å². The topological polar surface area (TPSA) is 69.1 Å². The molecule has 0 aliphatic carbocycles. The van der Waals surface area contributed by atoms with Crippen LogP contribution in [0.5, 0.6) is 11.8 Å². The lowest BCUT2D eigenvalue weighted by Crippen LogP contribution is -1.58. The van der Waals surface area contributed by atoms with E-state index in [1.165, 1.54) is 12.1 Å². The van der Waals surface area contributed by atoms with E-state index in [2.05, 4.69) is 9.97 Å². The summed E-state index contributed by atoms with van der Waals surface area (Å²) < 4.78 is 0. The van der Waals surface area contributed by atoms with Crippen LogP contribution in [-0.4, -0.2) is 20.2 Å². The number of aromatic amines is 1. The molecule has 0 spiro atoms. The molecule has 0 aromatic carbocycles. The molecule has 2 aromatic heterocycles. The van der Waals surface area contributed by atoms with Gasteiger partial charge in [-0.1, -0.05) is 6.07 Å². The average Bonchev–Trinajstić information content (AvgIpc) is 2.54. The maximum atomic E-state index is 8.44. The molecule has 2 aromatic rings. The van der Waals surface area contributed by atoms with Crippen molar-refractivity contribution in [3.05, 3.63) is 42.7 Å². The first-order valence-electron chi connectivity index (χ1n) is 3.71. The molecule has 0 bridgehead atoms. The molecular weight excluding hydrogens is 168 g/mol. The zero-order valence-corrected chi connectivity index (χ0v) is 6.88. The van der Waals surface area contributed by atoms with Gasteiger partial charge in [-0.15, -0.1) is 0 Å². The number of pyridine rings is 1. The Morgan fingerprint density at radius 2 is 1.46 bits per heavy atom. The van der Waals surface area contributed by atoms with Gasteiger partial charge < -0.3 is 10.2 Å². The summed E-state index contributed by atoms with van der Waals surface area (Å²) in [6, 6.07) is 8.46. The van der Waals surface area contributed by atoms with Gasteiger partial charge in [-0.3, -0.25) is 9.97 Å². The standard InChI is InChI=1S/C5H5N.C4H5NO2/c1-2-4-6-5-3-1;6-3-1-2-4(7)5-3/h1-5H;1-2,5-7H. The van der Waals surface area contributed by atoms with Gasteiger partial charge in [-0.25, -0.2) is 0 Å². The van der Waals surface area contributed by atoms with Crippen LogP contribution in [0.3, 0.4) is 0 Å². The summed E-state index contributed by atoms with van der Waals surface area (Å²) in [7, 11) is 0. The Morgan fingerprint density at radius 1 is 0.923 bits per heavy atom. The Hall–Kier alpha value is -1.97. The van der Waals surface area contributed by atoms with Gasteiger partial charge in [0.15, 0.2) is 11.8 Å². The van der Waals surface area contributed by atoms with Gasteiger partial charge >= 0.3 is 0 Å². The van der Waals surface area contributed by atoms with Gasteiger partial charge in [0.2, 0.25) is 0 Å². The summed E-state index contributed by atoms with van der Waals surface area (Å²) in [4.78, 5) is 6.03. The van der Waals surface area contributed by atoms with Crippen LogP contribution in [0.15, 0.2) is 42.7 Å². The Kier molecular flexibility index (Phi) is 3.38. The lowest BCUT2D eigenvalue weighted by molar-refractivity contribution is 0.425. The minimum absolute atomic E-state index is 0.0162. The molecule has 68 valence electrons. The van der Waals surface area contributed by atoms with Crippen molar-refractivity contribution in [1.29, 1.82) is 0 Å². The smallest absolute Gasteiger partial charge is 0.191 e. The molecule has 2 rings (SSSR count). The minimum atomic E-state index is -0.0162. The number of nitrogens with zero attached hydrogens (tertiary/aromatic N) is 1. The van der Waals surface area contributed by atoms with E-state index in [0.717, 1.165) is 0 Å². The number of aromatic nitrogens is 2. The van der Waals surface area contributed by atoms with E-state index in [4.69, 9.17) is 10.2 Å². The Labute approximate surface area is 75.5 Å². The van der Waals surface area contributed by atoms with Gasteiger partial charge in [0.1, 0.15) is 0 Å². The normalized spacial score (nSPS) is 8.62. The predicted octanol–water partition coefficient (Wildman–Crippen LogP) is 1.51. The van der Waals surface area contributed by atoms with Crippen molar-refractivity contribution in [2.75, 3.05) is 0 Å².